The van der Waals surface area contributed by atoms with Crippen LogP contribution in [-0.4, -0.2) is 26.6 Å². The topological polar surface area (TPSA) is 3.24 Å². The molecule has 0 saturated carbocycles. The van der Waals surface area contributed by atoms with Crippen molar-refractivity contribution in [3.8, 4) is 0 Å². The third kappa shape index (κ3) is 6.85. The molecule has 0 N–H and O–H groups in total. The molecule has 0 radical (unpaired) electrons. The molecule has 0 aliphatic heterocycles. The average molecular weight is 194 g/mol. The summed E-state index contributed by atoms with van der Waals surface area (Å²) in [6.45, 7) is 11.3. The zero-order valence-corrected chi connectivity index (χ0v) is 10.3. The molecule has 0 unspecified atom stereocenters. The Balaban J connectivity index is 3.58. The Bertz CT molecular complexity index is 86.1. The van der Waals surface area contributed by atoms with E-state index in [0.29, 0.717) is 0 Å². The van der Waals surface area contributed by atoms with E-state index in [2.05, 4.69) is 32.3 Å². The van der Waals surface area contributed by atoms with Crippen molar-refractivity contribution < 1.29 is 0 Å². The van der Waals surface area contributed by atoms with Crippen molar-refractivity contribution in [2.45, 2.75) is 27.7 Å². The molecule has 0 fully saturated rings. The highest BCUT2D eigenvalue weighted by Gasteiger charge is 2.07. The van der Waals surface area contributed by atoms with Crippen LogP contribution < -0.4 is 0 Å². The minimum absolute atomic E-state index is 0.452. The minimum atomic E-state index is -0.452. The van der Waals surface area contributed by atoms with Gasteiger partial charge in [-0.1, -0.05) is 27.7 Å². The zero-order valence-electron chi connectivity index (χ0n) is 8.10. The molecular weight excluding hydrogens is 174 g/mol. The average Bonchev–Trinajstić information content (AvgIpc) is 1.84. The van der Waals surface area contributed by atoms with Gasteiger partial charge in [-0.3, -0.25) is 0 Å². The second-order valence-corrected chi connectivity index (χ2v) is 5.79. The van der Waals surface area contributed by atoms with E-state index in [1.807, 2.05) is 0 Å². The second-order valence-electron chi connectivity index (χ2n) is 3.94. The molecule has 3 heteroatoms. The second kappa shape index (κ2) is 6.04. The van der Waals surface area contributed by atoms with Crippen molar-refractivity contribution in [1.82, 2.24) is 4.57 Å². The molecule has 0 heterocycles. The fourth-order valence-corrected chi connectivity index (χ4v) is 3.02. The van der Waals surface area contributed by atoms with Crippen LogP contribution in [-0.2, 0) is 0 Å². The van der Waals surface area contributed by atoms with Crippen molar-refractivity contribution in [3.05, 3.63) is 0 Å². The fourth-order valence-electron chi connectivity index (χ4n) is 1.20. The van der Waals surface area contributed by atoms with Crippen LogP contribution in [0.25, 0.3) is 0 Å². The molecule has 0 atom stereocenters. The maximum atomic E-state index is 5.92. The molecule has 0 rings (SSSR count). The van der Waals surface area contributed by atoms with Gasteiger partial charge in [-0.2, -0.15) is 11.1 Å². The number of nitrogens with zero attached hydrogens (tertiary/aromatic N) is 1. The Labute approximate surface area is 77.7 Å². The molecular formula is C8H20ClNSi. The summed E-state index contributed by atoms with van der Waals surface area (Å²) >= 11 is 5.92. The minimum Gasteiger partial charge on any atom is -0.316 e. The van der Waals surface area contributed by atoms with Crippen molar-refractivity contribution in [3.63, 3.8) is 0 Å². The summed E-state index contributed by atoms with van der Waals surface area (Å²) in [6.07, 6.45) is 0. The molecule has 0 aliphatic rings. The molecule has 0 bridgehead atoms. The molecule has 1 nitrogen and oxygen atoms in total. The highest BCUT2D eigenvalue weighted by molar-refractivity contribution is 6.92. The molecule has 0 saturated heterocycles. The summed E-state index contributed by atoms with van der Waals surface area (Å²) < 4.78 is 2.43. The zero-order chi connectivity index (χ0) is 8.85. The predicted octanol–water partition coefficient (Wildman–Crippen LogP) is 1.84. The predicted molar refractivity (Wildman–Crippen MR) is 55.6 cm³/mol. The summed E-state index contributed by atoms with van der Waals surface area (Å²) in [5, 5.41) is 0. The summed E-state index contributed by atoms with van der Waals surface area (Å²) in [4.78, 5) is 0. The van der Waals surface area contributed by atoms with Crippen LogP contribution in [0.15, 0.2) is 0 Å². The van der Waals surface area contributed by atoms with Crippen LogP contribution >= 0.6 is 11.1 Å². The van der Waals surface area contributed by atoms with Gasteiger partial charge >= 0.3 is 0 Å². The third-order valence-corrected chi connectivity index (χ3v) is 3.28. The fraction of sp³-hybridized carbons (Fsp3) is 1.00. The van der Waals surface area contributed by atoms with Gasteiger partial charge in [0.25, 0.3) is 0 Å². The van der Waals surface area contributed by atoms with E-state index in [1.54, 1.807) is 0 Å². The van der Waals surface area contributed by atoms with Crippen LogP contribution in [0.5, 0.6) is 0 Å². The molecule has 0 aromatic carbocycles. The van der Waals surface area contributed by atoms with Crippen LogP contribution in [0.1, 0.15) is 27.7 Å². The summed E-state index contributed by atoms with van der Waals surface area (Å²) in [5.41, 5.74) is 0. The largest absolute Gasteiger partial charge is 0.316 e. The lowest BCUT2D eigenvalue weighted by molar-refractivity contribution is 0.350. The molecule has 0 aromatic rings. The van der Waals surface area contributed by atoms with Gasteiger partial charge in [0.05, 0.1) is 0 Å². The van der Waals surface area contributed by atoms with Crippen molar-refractivity contribution >= 4 is 20.1 Å². The van der Waals surface area contributed by atoms with E-state index in [-0.39, 0.29) is 0 Å². The normalized spacial score (nSPS) is 13.1. The lowest BCUT2D eigenvalue weighted by atomic mass is 10.2. The first-order valence-electron chi connectivity index (χ1n) is 4.34. The molecule has 0 spiro atoms. The first-order valence-corrected chi connectivity index (χ1v) is 7.11. The van der Waals surface area contributed by atoms with Crippen LogP contribution in [0.4, 0.5) is 0 Å². The Kier molecular flexibility index (Phi) is 6.29. The Morgan fingerprint density at radius 1 is 1.09 bits per heavy atom. The van der Waals surface area contributed by atoms with Crippen molar-refractivity contribution in [2.75, 3.05) is 13.1 Å². The Morgan fingerprint density at radius 3 is 1.64 bits per heavy atom. The molecule has 0 amide bonds. The van der Waals surface area contributed by atoms with Gasteiger partial charge in [0.1, 0.15) is 0 Å². The SMILES string of the molecule is CC(C)CN(CC(C)C)[SiH2]Cl. The summed E-state index contributed by atoms with van der Waals surface area (Å²) in [7, 11) is -0.452. The smallest absolute Gasteiger partial charge is 0.198 e. The van der Waals surface area contributed by atoms with E-state index < -0.39 is 8.99 Å². The molecule has 68 valence electrons. The van der Waals surface area contributed by atoms with Crippen LogP contribution in [0.3, 0.4) is 0 Å². The lowest BCUT2D eigenvalue weighted by Crippen LogP contribution is -2.32. The van der Waals surface area contributed by atoms with Crippen molar-refractivity contribution in [1.29, 1.82) is 0 Å². The first kappa shape index (κ1) is 11.5. The van der Waals surface area contributed by atoms with Gasteiger partial charge in [-0.25, -0.2) is 0 Å². The van der Waals surface area contributed by atoms with Gasteiger partial charge in [0.2, 0.25) is 0 Å². The van der Waals surface area contributed by atoms with Crippen LogP contribution in [0.2, 0.25) is 0 Å². The first-order chi connectivity index (χ1) is 5.06. The number of halogens is 1. The lowest BCUT2D eigenvalue weighted by Gasteiger charge is -2.23. The number of hydrogen-bond donors (Lipinski definition) is 0. The molecule has 11 heavy (non-hydrogen) atoms. The van der Waals surface area contributed by atoms with Crippen molar-refractivity contribution in [2.24, 2.45) is 11.8 Å². The van der Waals surface area contributed by atoms with Gasteiger partial charge < -0.3 is 4.57 Å². The standard InChI is InChI=1S/C8H20ClNSi/c1-7(2)5-10(11-9)6-8(3)4/h7-8H,5-6,11H2,1-4H3. The van der Waals surface area contributed by atoms with E-state index in [1.165, 1.54) is 13.1 Å². The maximum Gasteiger partial charge on any atom is 0.198 e. The maximum absolute atomic E-state index is 5.92. The summed E-state index contributed by atoms with van der Waals surface area (Å²) in [5.74, 6) is 1.50. The Morgan fingerprint density at radius 2 is 1.45 bits per heavy atom. The van der Waals surface area contributed by atoms with Crippen LogP contribution in [0, 0.1) is 11.8 Å². The van der Waals surface area contributed by atoms with E-state index in [9.17, 15) is 0 Å². The molecule has 0 aromatic heterocycles. The van der Waals surface area contributed by atoms with E-state index >= 15 is 0 Å². The van der Waals surface area contributed by atoms with E-state index in [0.717, 1.165) is 11.8 Å². The highest BCUT2D eigenvalue weighted by Crippen LogP contribution is 2.02. The quantitative estimate of drug-likeness (QED) is 0.476. The third-order valence-electron chi connectivity index (χ3n) is 1.42. The summed E-state index contributed by atoms with van der Waals surface area (Å²) in [6, 6.07) is 0. The van der Waals surface area contributed by atoms with Gasteiger partial charge in [-0.15, -0.1) is 0 Å². The Hall–Kier alpha value is 0.467. The highest BCUT2D eigenvalue weighted by atomic mass is 35.6. The van der Waals surface area contributed by atoms with E-state index in [4.69, 9.17) is 11.1 Å². The number of rotatable bonds is 5. The van der Waals surface area contributed by atoms with Gasteiger partial charge in [0.15, 0.2) is 8.99 Å². The van der Waals surface area contributed by atoms with Gasteiger partial charge in [-0.05, 0) is 24.9 Å². The number of hydrogen-bond acceptors (Lipinski definition) is 1. The van der Waals surface area contributed by atoms with Gasteiger partial charge in [0, 0.05) is 0 Å². The monoisotopic (exact) mass is 193 g/mol. The molecule has 0 aliphatic carbocycles.